The fourth-order valence-corrected chi connectivity index (χ4v) is 3.05. The zero-order valence-corrected chi connectivity index (χ0v) is 15.9. The van der Waals surface area contributed by atoms with Crippen LogP contribution in [0.2, 0.25) is 0 Å². The molecule has 152 valence electrons. The number of nitrogens with zero attached hydrogens (tertiary/aromatic N) is 3. The molecule has 10 heteroatoms. The molecule has 5 nitrogen and oxygen atoms in total. The van der Waals surface area contributed by atoms with Crippen molar-refractivity contribution in [3.63, 3.8) is 0 Å². The topological polar surface area (TPSA) is 55.3 Å². The molecule has 0 atom stereocenters. The van der Waals surface area contributed by atoms with Crippen molar-refractivity contribution in [1.82, 2.24) is 9.97 Å². The van der Waals surface area contributed by atoms with E-state index in [1.807, 2.05) is 12.3 Å². The summed E-state index contributed by atoms with van der Waals surface area (Å²) < 4.78 is 54.5. The molecule has 3 aromatic rings. The van der Waals surface area contributed by atoms with Crippen molar-refractivity contribution in [2.75, 3.05) is 11.5 Å². The Hall–Kier alpha value is -3.01. The van der Waals surface area contributed by atoms with Crippen LogP contribution in [-0.2, 0) is 6.54 Å². The van der Waals surface area contributed by atoms with Crippen molar-refractivity contribution in [2.45, 2.75) is 19.6 Å². The molecule has 1 amide bonds. The van der Waals surface area contributed by atoms with Crippen molar-refractivity contribution < 1.29 is 27.1 Å². The highest BCUT2D eigenvalue weighted by Gasteiger charge is 2.28. The average Bonchev–Trinajstić information content (AvgIpc) is 3.09. The maximum atomic E-state index is 13.3. The lowest BCUT2D eigenvalue weighted by Gasteiger charge is -2.22. The first-order chi connectivity index (χ1) is 13.7. The minimum atomic E-state index is -4.48. The predicted molar refractivity (Wildman–Crippen MR) is 99.6 cm³/mol. The van der Waals surface area contributed by atoms with Gasteiger partial charge in [0.25, 0.3) is 5.91 Å². The number of aryl methyl sites for hydroxylation is 1. The van der Waals surface area contributed by atoms with Crippen LogP contribution in [-0.4, -0.2) is 28.7 Å². The summed E-state index contributed by atoms with van der Waals surface area (Å²) in [5, 5.41) is 2.64. The zero-order valence-electron chi connectivity index (χ0n) is 15.1. The standard InChI is InChI=1S/C19H15F4N3O2S/c1-12-25-15(10-29-12)9-26(16-5-3-14(20)4-6-16)18(27)13-2-7-17(24-8-13)28-11-19(21,22)23/h2-8,10H,9,11H2,1H3. The van der Waals surface area contributed by atoms with E-state index in [-0.39, 0.29) is 18.0 Å². The highest BCUT2D eigenvalue weighted by molar-refractivity contribution is 7.09. The largest absolute Gasteiger partial charge is 0.468 e. The molecule has 3 rings (SSSR count). The van der Waals surface area contributed by atoms with Crippen LogP contribution in [0.15, 0.2) is 48.0 Å². The van der Waals surface area contributed by atoms with Crippen LogP contribution in [0, 0.1) is 12.7 Å². The van der Waals surface area contributed by atoms with E-state index in [4.69, 9.17) is 0 Å². The second kappa shape index (κ2) is 8.56. The monoisotopic (exact) mass is 425 g/mol. The van der Waals surface area contributed by atoms with Crippen molar-refractivity contribution in [3.8, 4) is 5.88 Å². The molecule has 0 aliphatic rings. The Morgan fingerprint density at radius 1 is 1.17 bits per heavy atom. The molecule has 0 radical (unpaired) electrons. The van der Waals surface area contributed by atoms with Crippen molar-refractivity contribution in [2.24, 2.45) is 0 Å². The van der Waals surface area contributed by atoms with Crippen LogP contribution < -0.4 is 9.64 Å². The van der Waals surface area contributed by atoms with Gasteiger partial charge in [0.1, 0.15) is 5.82 Å². The summed E-state index contributed by atoms with van der Waals surface area (Å²) in [6.07, 6.45) is -3.35. The number of pyridine rings is 1. The van der Waals surface area contributed by atoms with Gasteiger partial charge in [-0.3, -0.25) is 4.79 Å². The number of aromatic nitrogens is 2. The summed E-state index contributed by atoms with van der Waals surface area (Å²) in [4.78, 5) is 22.5. The summed E-state index contributed by atoms with van der Waals surface area (Å²) in [5.74, 6) is -1.15. The number of ether oxygens (including phenoxy) is 1. The quantitative estimate of drug-likeness (QED) is 0.534. The lowest BCUT2D eigenvalue weighted by Crippen LogP contribution is -2.30. The molecule has 0 aliphatic carbocycles. The van der Waals surface area contributed by atoms with Gasteiger partial charge in [-0.05, 0) is 37.3 Å². The first kappa shape index (κ1) is 20.7. The number of thiazole rings is 1. The number of carbonyl (C=O) groups is 1. The first-order valence-corrected chi connectivity index (χ1v) is 9.23. The molecular weight excluding hydrogens is 410 g/mol. The molecule has 0 N–H and O–H groups in total. The lowest BCUT2D eigenvalue weighted by atomic mass is 10.2. The van der Waals surface area contributed by atoms with E-state index in [1.165, 1.54) is 52.6 Å². The molecule has 0 fully saturated rings. The zero-order chi connectivity index (χ0) is 21.0. The van der Waals surface area contributed by atoms with Crippen molar-refractivity contribution in [1.29, 1.82) is 0 Å². The maximum Gasteiger partial charge on any atom is 0.422 e. The van der Waals surface area contributed by atoms with Gasteiger partial charge in [0.15, 0.2) is 6.61 Å². The summed E-state index contributed by atoms with van der Waals surface area (Å²) >= 11 is 1.43. The molecule has 0 unspecified atom stereocenters. The second-order valence-corrected chi connectivity index (χ2v) is 7.08. The van der Waals surface area contributed by atoms with Gasteiger partial charge in [-0.15, -0.1) is 11.3 Å². The van der Waals surface area contributed by atoms with Gasteiger partial charge >= 0.3 is 6.18 Å². The van der Waals surface area contributed by atoms with Crippen LogP contribution in [0.25, 0.3) is 0 Å². The van der Waals surface area contributed by atoms with Crippen molar-refractivity contribution in [3.05, 3.63) is 70.1 Å². The summed E-state index contributed by atoms with van der Waals surface area (Å²) in [6, 6.07) is 7.89. The highest BCUT2D eigenvalue weighted by atomic mass is 32.1. The minimum Gasteiger partial charge on any atom is -0.468 e. The molecule has 1 aromatic carbocycles. The number of rotatable bonds is 6. The Bertz CT molecular complexity index is 972. The number of anilines is 1. The maximum absolute atomic E-state index is 13.3. The average molecular weight is 425 g/mol. The van der Waals surface area contributed by atoms with E-state index in [2.05, 4.69) is 14.7 Å². The molecule has 0 saturated carbocycles. The van der Waals surface area contributed by atoms with Gasteiger partial charge in [0.2, 0.25) is 5.88 Å². The van der Waals surface area contributed by atoms with Gasteiger partial charge in [-0.25, -0.2) is 14.4 Å². The fraction of sp³-hybridized carbons (Fsp3) is 0.211. The predicted octanol–water partition coefficient (Wildman–Crippen LogP) is 4.77. The molecule has 2 aromatic heterocycles. The fourth-order valence-electron chi connectivity index (χ4n) is 2.45. The summed E-state index contributed by atoms with van der Waals surface area (Å²) in [5.41, 5.74) is 1.24. The lowest BCUT2D eigenvalue weighted by molar-refractivity contribution is -0.154. The first-order valence-electron chi connectivity index (χ1n) is 8.35. The number of benzene rings is 1. The van der Waals surface area contributed by atoms with Gasteiger partial charge in [-0.1, -0.05) is 0 Å². The Labute approximate surface area is 167 Å². The molecule has 2 heterocycles. The number of alkyl halides is 3. The number of halogens is 4. The normalized spacial score (nSPS) is 11.3. The van der Waals surface area contributed by atoms with Crippen LogP contribution in [0.5, 0.6) is 5.88 Å². The Morgan fingerprint density at radius 3 is 2.45 bits per heavy atom. The van der Waals surface area contributed by atoms with E-state index in [0.717, 1.165) is 11.2 Å². The third kappa shape index (κ3) is 5.74. The number of amides is 1. The highest BCUT2D eigenvalue weighted by Crippen LogP contribution is 2.23. The number of hydrogen-bond acceptors (Lipinski definition) is 5. The molecule has 0 spiro atoms. The third-order valence-electron chi connectivity index (χ3n) is 3.74. The minimum absolute atomic E-state index is 0.139. The van der Waals surface area contributed by atoms with Gasteiger partial charge in [-0.2, -0.15) is 13.2 Å². The van der Waals surface area contributed by atoms with Crippen LogP contribution in [0.3, 0.4) is 0 Å². The van der Waals surface area contributed by atoms with Crippen LogP contribution in [0.4, 0.5) is 23.2 Å². The molecule has 0 saturated heterocycles. The smallest absolute Gasteiger partial charge is 0.422 e. The van der Waals surface area contributed by atoms with Crippen LogP contribution >= 0.6 is 11.3 Å². The Kier molecular flexibility index (Phi) is 6.12. The van der Waals surface area contributed by atoms with E-state index in [0.29, 0.717) is 11.4 Å². The molecule has 29 heavy (non-hydrogen) atoms. The van der Waals surface area contributed by atoms with E-state index in [1.54, 1.807) is 0 Å². The molecular formula is C19H15F4N3O2S. The van der Waals surface area contributed by atoms with Gasteiger partial charge < -0.3 is 9.64 Å². The van der Waals surface area contributed by atoms with Crippen molar-refractivity contribution >= 4 is 22.9 Å². The van der Waals surface area contributed by atoms with E-state index in [9.17, 15) is 22.4 Å². The van der Waals surface area contributed by atoms with E-state index < -0.39 is 24.5 Å². The second-order valence-electron chi connectivity index (χ2n) is 6.01. The molecule has 0 aliphatic heterocycles. The van der Waals surface area contributed by atoms with Crippen LogP contribution in [0.1, 0.15) is 21.1 Å². The third-order valence-corrected chi connectivity index (χ3v) is 4.56. The number of hydrogen-bond donors (Lipinski definition) is 0. The van der Waals surface area contributed by atoms with Gasteiger partial charge in [0, 0.05) is 23.3 Å². The summed E-state index contributed by atoms with van der Waals surface area (Å²) in [7, 11) is 0. The SMILES string of the molecule is Cc1nc(CN(C(=O)c2ccc(OCC(F)(F)F)nc2)c2ccc(F)cc2)cs1. The Morgan fingerprint density at radius 2 is 1.90 bits per heavy atom. The Balaban J connectivity index is 1.82. The molecule has 0 bridgehead atoms. The summed E-state index contributed by atoms with van der Waals surface area (Å²) in [6.45, 7) is 0.501. The number of carbonyl (C=O) groups excluding carboxylic acids is 1. The van der Waals surface area contributed by atoms with E-state index >= 15 is 0 Å². The van der Waals surface area contributed by atoms with Gasteiger partial charge in [0.05, 0.1) is 22.8 Å².